The van der Waals surface area contributed by atoms with E-state index in [4.69, 9.17) is 0 Å². The molecule has 1 heteroatoms. The Kier molecular flexibility index (Phi) is 23.5. The average molecular weight is 232 g/mol. The van der Waals surface area contributed by atoms with Gasteiger partial charge in [0.25, 0.3) is 0 Å². The largest absolute Gasteiger partial charge is 0.180 e. The highest BCUT2D eigenvalue weighted by molar-refractivity contribution is 7.80. The Morgan fingerprint density at radius 3 is 0.933 bits per heavy atom. The molecule has 94 valence electrons. The van der Waals surface area contributed by atoms with Crippen LogP contribution in [0.4, 0.5) is 0 Å². The molecule has 0 bridgehead atoms. The maximum absolute atomic E-state index is 3.79. The van der Waals surface area contributed by atoms with Crippen molar-refractivity contribution in [3.8, 4) is 0 Å². The molecular formula is C14H32S. The van der Waals surface area contributed by atoms with Crippen LogP contribution in [0.25, 0.3) is 0 Å². The molecule has 0 unspecified atom stereocenters. The molecule has 0 nitrogen and oxygen atoms in total. The van der Waals surface area contributed by atoms with Crippen molar-refractivity contribution in [2.45, 2.75) is 85.0 Å². The van der Waals surface area contributed by atoms with E-state index in [-0.39, 0.29) is 0 Å². The van der Waals surface area contributed by atoms with E-state index in [1.54, 1.807) is 0 Å². The van der Waals surface area contributed by atoms with E-state index in [0.29, 0.717) is 0 Å². The summed E-state index contributed by atoms with van der Waals surface area (Å²) in [5.41, 5.74) is 0. The van der Waals surface area contributed by atoms with Crippen LogP contribution in [0, 0.1) is 0 Å². The van der Waals surface area contributed by atoms with E-state index in [9.17, 15) is 0 Å². The molecule has 0 aliphatic rings. The lowest BCUT2D eigenvalue weighted by atomic mass is 10.1. The van der Waals surface area contributed by atoms with Crippen molar-refractivity contribution in [2.24, 2.45) is 0 Å². The van der Waals surface area contributed by atoms with Crippen molar-refractivity contribution in [1.82, 2.24) is 0 Å². The molecule has 0 aromatic rings. The number of rotatable bonds is 9. The number of unbranched alkanes of at least 4 members (excludes halogenated alkanes) is 9. The summed E-state index contributed by atoms with van der Waals surface area (Å²) in [7, 11) is 0. The zero-order valence-corrected chi connectivity index (χ0v) is 12.1. The second kappa shape index (κ2) is 19.9. The summed E-state index contributed by atoms with van der Waals surface area (Å²) in [6.07, 6.45) is 14.4. The Bertz CT molecular complexity index is 71.4. The van der Waals surface area contributed by atoms with Gasteiger partial charge in [0.05, 0.1) is 0 Å². The van der Waals surface area contributed by atoms with Gasteiger partial charge in [0.15, 0.2) is 0 Å². The molecule has 15 heavy (non-hydrogen) atoms. The van der Waals surface area contributed by atoms with Gasteiger partial charge in [-0.25, -0.2) is 0 Å². The van der Waals surface area contributed by atoms with Crippen LogP contribution in [0.3, 0.4) is 0 Å². The predicted octanol–water partition coefficient (Wildman–Crippen LogP) is 5.86. The number of thiol groups is 1. The van der Waals surface area contributed by atoms with E-state index in [2.05, 4.69) is 26.5 Å². The third kappa shape index (κ3) is 25.0. The average Bonchev–Trinajstić information content (AvgIpc) is 2.23. The Hall–Kier alpha value is 0.350. The van der Waals surface area contributed by atoms with E-state index in [1.165, 1.54) is 64.2 Å². The van der Waals surface area contributed by atoms with Crippen molar-refractivity contribution < 1.29 is 0 Å². The minimum absolute atomic E-state index is 0.944. The fourth-order valence-corrected chi connectivity index (χ4v) is 1.56. The van der Waals surface area contributed by atoms with Gasteiger partial charge >= 0.3 is 0 Å². The summed E-state index contributed by atoms with van der Waals surface area (Å²) < 4.78 is 0. The second-order valence-electron chi connectivity index (χ2n) is 4.14. The maximum atomic E-state index is 3.79. The standard InChI is InChI=1S/C12H26.C2H6S/c1-3-5-7-9-11-12-10-8-6-4-2;1-2-3/h3-12H2,1-2H3;3H,2H2,1H3. The number of hydrogen-bond donors (Lipinski definition) is 1. The Balaban J connectivity index is 0. The van der Waals surface area contributed by atoms with Crippen LogP contribution in [-0.4, -0.2) is 5.75 Å². The van der Waals surface area contributed by atoms with E-state index < -0.39 is 0 Å². The van der Waals surface area contributed by atoms with E-state index in [1.807, 2.05) is 6.92 Å². The lowest BCUT2D eigenvalue weighted by Gasteiger charge is -1.99. The third-order valence-electron chi connectivity index (χ3n) is 2.46. The molecule has 0 aliphatic carbocycles. The van der Waals surface area contributed by atoms with Crippen LogP contribution in [0.5, 0.6) is 0 Å². The predicted molar refractivity (Wildman–Crippen MR) is 77.0 cm³/mol. The van der Waals surface area contributed by atoms with Crippen LogP contribution in [0.15, 0.2) is 0 Å². The molecule has 0 fully saturated rings. The Labute approximate surface area is 104 Å². The van der Waals surface area contributed by atoms with Gasteiger partial charge in [-0.2, -0.15) is 12.6 Å². The SMILES string of the molecule is CCCCCCCCCCCC.CCS. The molecule has 0 saturated carbocycles. The highest BCUT2D eigenvalue weighted by atomic mass is 32.1. The molecule has 0 N–H and O–H groups in total. The van der Waals surface area contributed by atoms with Gasteiger partial charge in [-0.15, -0.1) is 0 Å². The molecule has 0 atom stereocenters. The van der Waals surface area contributed by atoms with Gasteiger partial charge in [-0.3, -0.25) is 0 Å². The van der Waals surface area contributed by atoms with Gasteiger partial charge in [0, 0.05) is 0 Å². The molecular weight excluding hydrogens is 200 g/mol. The summed E-state index contributed by atoms with van der Waals surface area (Å²) in [5, 5.41) is 0. The third-order valence-corrected chi connectivity index (χ3v) is 2.46. The zero-order chi connectivity index (χ0) is 11.8. The minimum atomic E-state index is 0.944. The molecule has 0 spiro atoms. The zero-order valence-electron chi connectivity index (χ0n) is 11.2. The quantitative estimate of drug-likeness (QED) is 0.373. The first-order chi connectivity index (χ1) is 7.33. The van der Waals surface area contributed by atoms with Crippen LogP contribution >= 0.6 is 12.6 Å². The molecule has 0 saturated heterocycles. The van der Waals surface area contributed by atoms with E-state index >= 15 is 0 Å². The van der Waals surface area contributed by atoms with Crippen molar-refractivity contribution in [3.05, 3.63) is 0 Å². The Morgan fingerprint density at radius 2 is 0.733 bits per heavy atom. The smallest absolute Gasteiger partial charge is 0.0126 e. The van der Waals surface area contributed by atoms with Crippen LogP contribution in [0.2, 0.25) is 0 Å². The van der Waals surface area contributed by atoms with Gasteiger partial charge in [-0.1, -0.05) is 85.0 Å². The van der Waals surface area contributed by atoms with Crippen LogP contribution in [-0.2, 0) is 0 Å². The summed E-state index contributed by atoms with van der Waals surface area (Å²) in [5.74, 6) is 0.944. The summed E-state index contributed by atoms with van der Waals surface area (Å²) in [6, 6.07) is 0. The first kappa shape index (κ1) is 17.7. The normalized spacial score (nSPS) is 9.60. The fraction of sp³-hybridized carbons (Fsp3) is 1.00. The van der Waals surface area contributed by atoms with Gasteiger partial charge < -0.3 is 0 Å². The molecule has 0 aliphatic heterocycles. The van der Waals surface area contributed by atoms with Gasteiger partial charge in [0.1, 0.15) is 0 Å². The van der Waals surface area contributed by atoms with E-state index in [0.717, 1.165) is 5.75 Å². The minimum Gasteiger partial charge on any atom is -0.180 e. The molecule has 0 radical (unpaired) electrons. The van der Waals surface area contributed by atoms with Crippen molar-refractivity contribution in [3.63, 3.8) is 0 Å². The Morgan fingerprint density at radius 1 is 0.533 bits per heavy atom. The van der Waals surface area contributed by atoms with Crippen LogP contribution in [0.1, 0.15) is 85.0 Å². The maximum Gasteiger partial charge on any atom is -0.0126 e. The highest BCUT2D eigenvalue weighted by Crippen LogP contribution is 2.09. The van der Waals surface area contributed by atoms with Gasteiger partial charge in [-0.05, 0) is 5.75 Å². The second-order valence-corrected chi connectivity index (χ2v) is 4.78. The lowest BCUT2D eigenvalue weighted by molar-refractivity contribution is 0.562. The van der Waals surface area contributed by atoms with Crippen molar-refractivity contribution in [2.75, 3.05) is 5.75 Å². The molecule has 0 rings (SSSR count). The monoisotopic (exact) mass is 232 g/mol. The highest BCUT2D eigenvalue weighted by Gasteiger charge is 1.90. The van der Waals surface area contributed by atoms with Crippen molar-refractivity contribution >= 4 is 12.6 Å². The summed E-state index contributed by atoms with van der Waals surface area (Å²) in [4.78, 5) is 0. The van der Waals surface area contributed by atoms with Crippen LogP contribution < -0.4 is 0 Å². The van der Waals surface area contributed by atoms with Gasteiger partial charge in [0.2, 0.25) is 0 Å². The molecule has 0 amide bonds. The fourth-order valence-electron chi connectivity index (χ4n) is 1.56. The topological polar surface area (TPSA) is 0 Å². The molecule has 0 aromatic carbocycles. The van der Waals surface area contributed by atoms with Crippen molar-refractivity contribution in [1.29, 1.82) is 0 Å². The number of hydrogen-bond acceptors (Lipinski definition) is 1. The first-order valence-corrected chi connectivity index (χ1v) is 7.57. The molecule has 0 aromatic heterocycles. The summed E-state index contributed by atoms with van der Waals surface area (Å²) >= 11 is 3.79. The first-order valence-electron chi connectivity index (χ1n) is 6.94. The lowest BCUT2D eigenvalue weighted by Crippen LogP contribution is -1.80. The summed E-state index contributed by atoms with van der Waals surface area (Å²) in [6.45, 7) is 6.55. The molecule has 0 heterocycles.